The average Bonchev–Trinajstić information content (AvgIpc) is 1.48. The van der Waals surface area contributed by atoms with Crippen molar-refractivity contribution in [2.75, 3.05) is 73.1 Å². The van der Waals surface area contributed by atoms with Crippen LogP contribution in [-0.4, -0.2) is 128 Å². The van der Waals surface area contributed by atoms with Crippen LogP contribution in [-0.2, 0) is 27.8 Å². The summed E-state index contributed by atoms with van der Waals surface area (Å²) in [7, 11) is 7.33. The van der Waals surface area contributed by atoms with Crippen molar-refractivity contribution in [3.05, 3.63) is 105 Å². The quantitative estimate of drug-likeness (QED) is 0.0279. The van der Waals surface area contributed by atoms with Gasteiger partial charge in [-0.15, -0.1) is 0 Å². The molecule has 93 heavy (non-hydrogen) atoms. The Hall–Kier alpha value is -6.18. The van der Waals surface area contributed by atoms with Crippen LogP contribution in [0.3, 0.4) is 0 Å². The van der Waals surface area contributed by atoms with Gasteiger partial charge in [0.05, 0.1) is 44.1 Å². The van der Waals surface area contributed by atoms with Gasteiger partial charge in [-0.2, -0.15) is 0 Å². The third-order valence-corrected chi connectivity index (χ3v) is 24.5. The maximum Gasteiger partial charge on any atom is 0.258 e. The molecule has 4 aromatic carbocycles. The Labute approximate surface area is 549 Å². The van der Waals surface area contributed by atoms with Crippen molar-refractivity contribution in [1.82, 2.24) is 26.2 Å². The SMILES string of the molecule is CNCCOc1cc(OC23CCCC(CCC4CCCC(NC)C4)C2CCC(C)N3)c2c3c1CCc1c-3c(cc3c1C(O)C(c1cc(OC)c(O)c(OCC(CO)C45CCCC(C6(N7C(=O)C=C(CNC)C7=O)CCCCC6)C4C=Cc4ccccc45)c1)CO3)NC2O. The molecule has 10 aliphatic rings. The number of nitrogens with one attached hydrogen (secondary N) is 5. The zero-order chi connectivity index (χ0) is 64.3. The number of anilines is 1. The number of piperidine rings is 1. The molecule has 4 aliphatic heterocycles. The molecular formula is C76H100N6O11. The number of ether oxygens (including phenoxy) is 5. The first-order valence-corrected chi connectivity index (χ1v) is 35.5. The normalized spacial score (nSPS) is 30.9. The van der Waals surface area contributed by atoms with Crippen LogP contribution in [0.5, 0.6) is 34.5 Å². The Morgan fingerprint density at radius 3 is 2.43 bits per heavy atom. The van der Waals surface area contributed by atoms with Crippen molar-refractivity contribution in [3.8, 4) is 45.6 Å². The number of aliphatic hydroxyl groups excluding tert-OH is 3. The summed E-state index contributed by atoms with van der Waals surface area (Å²) in [4.78, 5) is 30.3. The number of allylic oxidation sites excluding steroid dienone is 1. The van der Waals surface area contributed by atoms with E-state index in [9.17, 15) is 30.0 Å². The molecule has 17 heteroatoms. The monoisotopic (exact) mass is 1270 g/mol. The maximum absolute atomic E-state index is 14.5. The lowest BCUT2D eigenvalue weighted by atomic mass is 9.47. The van der Waals surface area contributed by atoms with Gasteiger partial charge in [0.15, 0.2) is 23.5 Å². The summed E-state index contributed by atoms with van der Waals surface area (Å²) >= 11 is 0. The van der Waals surface area contributed by atoms with E-state index in [0.29, 0.717) is 84.2 Å². The predicted molar refractivity (Wildman–Crippen MR) is 359 cm³/mol. The van der Waals surface area contributed by atoms with Crippen LogP contribution in [0.15, 0.2) is 66.3 Å². The number of hydrogen-bond acceptors (Lipinski definition) is 16. The number of aromatic hydroxyl groups is 1. The number of carbonyl (C=O) groups excluding carboxylic acids is 2. The fourth-order valence-electron chi connectivity index (χ4n) is 20.3. The molecule has 0 bridgehead atoms. The highest BCUT2D eigenvalue weighted by Gasteiger charge is 2.61. The molecule has 0 spiro atoms. The molecule has 13 atom stereocenters. The van der Waals surface area contributed by atoms with Gasteiger partial charge in [-0.25, -0.2) is 0 Å². The van der Waals surface area contributed by atoms with E-state index in [1.54, 1.807) is 24.1 Å². The smallest absolute Gasteiger partial charge is 0.258 e. The largest absolute Gasteiger partial charge is 0.502 e. The summed E-state index contributed by atoms with van der Waals surface area (Å²) in [6.07, 6.45) is 24.5. The van der Waals surface area contributed by atoms with E-state index in [2.05, 4.69) is 77.0 Å². The molecule has 13 unspecified atom stereocenters. The van der Waals surface area contributed by atoms with E-state index < -0.39 is 40.8 Å². The first-order valence-electron chi connectivity index (χ1n) is 35.5. The predicted octanol–water partition coefficient (Wildman–Crippen LogP) is 10.8. The van der Waals surface area contributed by atoms with Gasteiger partial charge >= 0.3 is 0 Å². The fraction of sp³-hybridized carbons (Fsp3) is 0.605. The summed E-state index contributed by atoms with van der Waals surface area (Å²) < 4.78 is 34.0. The molecule has 0 aromatic heterocycles. The van der Waals surface area contributed by atoms with Gasteiger partial charge < -0.3 is 65.4 Å². The van der Waals surface area contributed by atoms with Gasteiger partial charge in [0, 0.05) is 106 Å². The van der Waals surface area contributed by atoms with Crippen LogP contribution >= 0.6 is 0 Å². The number of likely N-dealkylation sites (N-methyl/N-ethyl adjacent to an activating group) is 2. The Morgan fingerprint density at radius 1 is 0.806 bits per heavy atom. The highest BCUT2D eigenvalue weighted by Crippen LogP contribution is 2.62. The summed E-state index contributed by atoms with van der Waals surface area (Å²) in [6, 6.07) is 16.8. The first-order chi connectivity index (χ1) is 45.3. The number of methoxy groups -OCH3 is 1. The minimum Gasteiger partial charge on any atom is -0.502 e. The second kappa shape index (κ2) is 26.4. The molecule has 9 N–H and O–H groups in total. The van der Waals surface area contributed by atoms with Crippen molar-refractivity contribution in [1.29, 1.82) is 0 Å². The van der Waals surface area contributed by atoms with E-state index in [4.69, 9.17) is 23.7 Å². The zero-order valence-corrected chi connectivity index (χ0v) is 55.4. The molecule has 4 saturated carbocycles. The molecule has 5 fully saturated rings. The minimum atomic E-state index is -1.10. The minimum absolute atomic E-state index is 0.0235. The van der Waals surface area contributed by atoms with Crippen molar-refractivity contribution >= 4 is 23.6 Å². The van der Waals surface area contributed by atoms with Crippen molar-refractivity contribution in [3.63, 3.8) is 0 Å². The standard InChI is InChI=1S/C76H100N6O11/c1-44-20-26-56-47(22-21-45-14-11-17-51(34-45)79-4)16-12-31-76(56,81-44)93-62-39-60(90-33-32-77-2)52-24-25-53-66-59(80-72(87)69(62)68(52)66)38-61-67(53)70(85)54(43-92-61)48-35-63(89-5)71(86)64(36-48)91-42-50(41-83)75-30-13-19-57(58(75)27-23-46-15-7-8-18-55(46)75)74(28-9-6-10-29-74)82-65(84)37-49(40-78-3)73(82)88/h7-8,15,18,23,27,35-39,44-45,47,50-51,54,56-58,70,72,77-81,83,85-87H,6,9-14,16-17,19-22,24-26,28-34,40-43H2,1-5H3. The number of hydrogen-bond donors (Lipinski definition) is 9. The summed E-state index contributed by atoms with van der Waals surface area (Å²) in [5.74, 6) is 1.78. The Kier molecular flexibility index (Phi) is 18.2. The Morgan fingerprint density at radius 2 is 1.62 bits per heavy atom. The number of amides is 2. The van der Waals surface area contributed by atoms with Gasteiger partial charge in [0.25, 0.3) is 11.8 Å². The third-order valence-electron chi connectivity index (χ3n) is 24.5. The number of phenols is 1. The van der Waals surface area contributed by atoms with Crippen molar-refractivity contribution < 1.29 is 53.7 Å². The van der Waals surface area contributed by atoms with Crippen LogP contribution in [0.1, 0.15) is 186 Å². The molecule has 4 heterocycles. The highest BCUT2D eigenvalue weighted by atomic mass is 16.5. The lowest BCUT2D eigenvalue weighted by molar-refractivity contribution is -0.153. The number of nitrogens with zero attached hydrogens (tertiary/aromatic N) is 1. The lowest BCUT2D eigenvalue weighted by Crippen LogP contribution is -2.65. The number of benzene rings is 4. The van der Waals surface area contributed by atoms with Gasteiger partial charge in [-0.3, -0.25) is 19.8 Å². The Balaban J connectivity index is 0.783. The number of imide groups is 1. The molecular weight excluding hydrogens is 1170 g/mol. The second-order valence-corrected chi connectivity index (χ2v) is 29.3. The molecule has 4 aromatic rings. The van der Waals surface area contributed by atoms with Gasteiger partial charge in [-0.1, -0.05) is 81.4 Å². The van der Waals surface area contributed by atoms with E-state index in [1.165, 1.54) is 58.1 Å². The van der Waals surface area contributed by atoms with Crippen LogP contribution in [0.25, 0.3) is 17.2 Å². The summed E-state index contributed by atoms with van der Waals surface area (Å²) in [5.41, 5.74) is 7.12. The van der Waals surface area contributed by atoms with E-state index in [0.717, 1.165) is 128 Å². The highest BCUT2D eigenvalue weighted by molar-refractivity contribution is 6.17. The topological polar surface area (TPSA) is 225 Å². The fourth-order valence-corrected chi connectivity index (χ4v) is 20.3. The van der Waals surface area contributed by atoms with Crippen LogP contribution in [0, 0.1) is 35.5 Å². The molecule has 14 rings (SSSR count). The van der Waals surface area contributed by atoms with E-state index >= 15 is 0 Å². The number of aliphatic hydroxyl groups is 3. The molecule has 17 nitrogen and oxygen atoms in total. The van der Waals surface area contributed by atoms with E-state index in [-0.39, 0.29) is 66.8 Å². The third kappa shape index (κ3) is 11.1. The number of rotatable bonds is 21. The lowest BCUT2D eigenvalue weighted by Gasteiger charge is -2.60. The van der Waals surface area contributed by atoms with Crippen LogP contribution in [0.4, 0.5) is 5.69 Å². The van der Waals surface area contributed by atoms with Gasteiger partial charge in [0.1, 0.15) is 23.9 Å². The molecule has 2 amide bonds. The molecule has 500 valence electrons. The summed E-state index contributed by atoms with van der Waals surface area (Å²) in [6.45, 7) is 3.58. The molecule has 0 radical (unpaired) electrons. The van der Waals surface area contributed by atoms with Gasteiger partial charge in [-0.05, 0) is 170 Å². The van der Waals surface area contributed by atoms with Crippen molar-refractivity contribution in [2.45, 2.75) is 189 Å². The average molecular weight is 1270 g/mol. The van der Waals surface area contributed by atoms with Gasteiger partial charge in [0.2, 0.25) is 5.75 Å². The number of phenolic OH excluding ortho intramolecular Hbond substituents is 1. The molecule has 1 saturated heterocycles. The van der Waals surface area contributed by atoms with E-state index in [1.807, 2.05) is 19.2 Å². The summed E-state index contributed by atoms with van der Waals surface area (Å²) in [5, 5.41) is 67.2. The number of carbonyl (C=O) groups is 2. The van der Waals surface area contributed by atoms with Crippen LogP contribution in [0.2, 0.25) is 0 Å². The number of fused-ring (bicyclic) bond motifs is 6. The molecule has 6 aliphatic carbocycles. The zero-order valence-electron chi connectivity index (χ0n) is 55.4. The van der Waals surface area contributed by atoms with Crippen LogP contribution < -0.4 is 50.3 Å². The Bertz CT molecular complexity index is 3530. The van der Waals surface area contributed by atoms with Crippen molar-refractivity contribution in [2.24, 2.45) is 35.5 Å². The first kappa shape index (κ1) is 64.2. The maximum atomic E-state index is 14.5. The second-order valence-electron chi connectivity index (χ2n) is 29.3.